The Kier molecular flexibility index (Phi) is 10.4. The van der Waals surface area contributed by atoms with E-state index in [1.165, 1.54) is 37.7 Å². The van der Waals surface area contributed by atoms with E-state index in [0.29, 0.717) is 5.05 Å². The van der Waals surface area contributed by atoms with Crippen LogP contribution in [-0.2, 0) is 11.2 Å². The third kappa shape index (κ3) is 8.27. The van der Waals surface area contributed by atoms with Gasteiger partial charge in [-0.2, -0.15) is 0 Å². The van der Waals surface area contributed by atoms with E-state index in [4.69, 9.17) is 45.4 Å². The molecule has 0 spiro atoms. The number of unbranched alkanes of at least 4 members (excludes halogenated alkanes) is 5. The van der Waals surface area contributed by atoms with Gasteiger partial charge in [0.05, 0.1) is 6.04 Å². The topological polar surface area (TPSA) is 70.5 Å². The standard InChI is InChI=1S/C26H42N2O2S2/c1-5-6-7-8-9-10-13-19-14-11-12-15-21(19)30-23(31)22(27)26(4)17-20(29-24(28)32)16-25(2,3)18-26/h11-12,14-15,20,22H,5-10,13,16-18,27H2,1-4H3,(H2,28,32). The molecule has 0 radical (unpaired) electrons. The minimum absolute atomic E-state index is 0.0470. The number of para-hydroxylation sites is 1. The lowest BCUT2D eigenvalue weighted by Gasteiger charge is -2.48. The molecule has 1 aliphatic carbocycles. The van der Waals surface area contributed by atoms with Gasteiger partial charge in [0.15, 0.2) is 5.05 Å². The minimum atomic E-state index is -0.392. The molecule has 180 valence electrons. The second-order valence-electron chi connectivity index (χ2n) is 10.5. The smallest absolute Gasteiger partial charge is 0.254 e. The summed E-state index contributed by atoms with van der Waals surface area (Å²) in [6, 6.07) is 7.79. The fourth-order valence-electron chi connectivity index (χ4n) is 5.29. The van der Waals surface area contributed by atoms with Crippen LogP contribution in [0.2, 0.25) is 0 Å². The molecule has 0 aliphatic heterocycles. The Hall–Kier alpha value is -1.24. The molecule has 2 rings (SSSR count). The molecule has 3 atom stereocenters. The van der Waals surface area contributed by atoms with Gasteiger partial charge < -0.3 is 20.9 Å². The summed E-state index contributed by atoms with van der Waals surface area (Å²) < 4.78 is 12.0. The first-order valence-corrected chi connectivity index (χ1v) is 12.9. The van der Waals surface area contributed by atoms with Crippen molar-refractivity contribution in [2.75, 3.05) is 0 Å². The van der Waals surface area contributed by atoms with Crippen molar-refractivity contribution in [3.05, 3.63) is 29.8 Å². The SMILES string of the molecule is CCCCCCCCc1ccccc1OC(=S)C(N)C1(C)CC(OC(N)=S)CC(C)(C)C1. The van der Waals surface area contributed by atoms with Gasteiger partial charge in [-0.3, -0.25) is 0 Å². The average Bonchev–Trinajstić information content (AvgIpc) is 2.69. The maximum absolute atomic E-state index is 6.72. The first-order chi connectivity index (χ1) is 15.1. The van der Waals surface area contributed by atoms with Crippen LogP contribution in [0.5, 0.6) is 5.75 Å². The molecule has 0 amide bonds. The lowest BCUT2D eigenvalue weighted by molar-refractivity contribution is -0.00550. The Morgan fingerprint density at radius 3 is 2.41 bits per heavy atom. The zero-order valence-electron chi connectivity index (χ0n) is 20.3. The number of thiocarbonyl (C=S) groups is 2. The van der Waals surface area contributed by atoms with Gasteiger partial charge in [-0.15, -0.1) is 0 Å². The molecule has 1 aromatic rings. The van der Waals surface area contributed by atoms with Gasteiger partial charge in [0.1, 0.15) is 11.9 Å². The number of hydrogen-bond donors (Lipinski definition) is 2. The molecular weight excluding hydrogens is 436 g/mol. The zero-order chi connectivity index (χ0) is 23.8. The van der Waals surface area contributed by atoms with E-state index in [9.17, 15) is 0 Å². The summed E-state index contributed by atoms with van der Waals surface area (Å²) in [5.41, 5.74) is 13.4. The highest BCUT2D eigenvalue weighted by Gasteiger charge is 2.47. The highest BCUT2D eigenvalue weighted by Crippen LogP contribution is 2.48. The number of ether oxygens (including phenoxy) is 2. The highest BCUT2D eigenvalue weighted by atomic mass is 32.1. The van der Waals surface area contributed by atoms with E-state index >= 15 is 0 Å². The predicted octanol–water partition coefficient (Wildman–Crippen LogP) is 6.47. The summed E-state index contributed by atoms with van der Waals surface area (Å²) in [6.07, 6.45) is 11.1. The van der Waals surface area contributed by atoms with Crippen LogP contribution in [0.25, 0.3) is 0 Å². The molecule has 32 heavy (non-hydrogen) atoms. The van der Waals surface area contributed by atoms with Gasteiger partial charge in [-0.05, 0) is 79.0 Å². The first-order valence-electron chi connectivity index (χ1n) is 12.1. The van der Waals surface area contributed by atoms with Crippen LogP contribution in [0.15, 0.2) is 24.3 Å². The second-order valence-corrected chi connectivity index (χ2v) is 11.3. The summed E-state index contributed by atoms with van der Waals surface area (Å²) >= 11 is 10.7. The number of nitrogens with two attached hydrogens (primary N) is 2. The average molecular weight is 479 g/mol. The van der Waals surface area contributed by atoms with Crippen LogP contribution in [0, 0.1) is 10.8 Å². The Morgan fingerprint density at radius 2 is 1.72 bits per heavy atom. The van der Waals surface area contributed by atoms with Crippen molar-refractivity contribution in [3.63, 3.8) is 0 Å². The molecule has 0 aromatic heterocycles. The van der Waals surface area contributed by atoms with Crippen molar-refractivity contribution >= 4 is 34.7 Å². The van der Waals surface area contributed by atoms with Crippen LogP contribution in [0.1, 0.15) is 91.0 Å². The predicted molar refractivity (Wildman–Crippen MR) is 142 cm³/mol. The van der Waals surface area contributed by atoms with E-state index in [-0.39, 0.29) is 22.1 Å². The van der Waals surface area contributed by atoms with Crippen molar-refractivity contribution < 1.29 is 9.47 Å². The van der Waals surface area contributed by atoms with Gasteiger partial charge in [0, 0.05) is 0 Å². The quantitative estimate of drug-likeness (QED) is 0.281. The minimum Gasteiger partial charge on any atom is -0.468 e. The van der Waals surface area contributed by atoms with Crippen LogP contribution < -0.4 is 16.2 Å². The van der Waals surface area contributed by atoms with Crippen molar-refractivity contribution in [3.8, 4) is 5.75 Å². The van der Waals surface area contributed by atoms with Crippen molar-refractivity contribution in [2.24, 2.45) is 22.3 Å². The van der Waals surface area contributed by atoms with Crippen LogP contribution in [0.3, 0.4) is 0 Å². The summed E-state index contributed by atoms with van der Waals surface area (Å²) in [7, 11) is 0. The fraction of sp³-hybridized carbons (Fsp3) is 0.692. The Balaban J connectivity index is 2.03. The molecule has 1 aliphatic rings. The van der Waals surface area contributed by atoms with E-state index < -0.39 is 6.04 Å². The Bertz CT molecular complexity index is 768. The first kappa shape index (κ1) is 27.0. The number of rotatable bonds is 11. The summed E-state index contributed by atoms with van der Waals surface area (Å²) in [5.74, 6) is 0.830. The maximum atomic E-state index is 6.72. The van der Waals surface area contributed by atoms with E-state index in [0.717, 1.165) is 37.9 Å². The third-order valence-corrected chi connectivity index (χ3v) is 7.06. The lowest BCUT2D eigenvalue weighted by atomic mass is 9.60. The van der Waals surface area contributed by atoms with Gasteiger partial charge >= 0.3 is 0 Å². The summed E-state index contributed by atoms with van der Waals surface area (Å²) in [4.78, 5) is 0. The monoisotopic (exact) mass is 478 g/mol. The molecule has 4 nitrogen and oxygen atoms in total. The largest absolute Gasteiger partial charge is 0.468 e. The normalized spacial score (nSPS) is 23.3. The molecule has 6 heteroatoms. The molecule has 0 saturated heterocycles. The molecular formula is C26H42N2O2S2. The molecule has 1 aromatic carbocycles. The van der Waals surface area contributed by atoms with Crippen molar-refractivity contribution in [1.82, 2.24) is 0 Å². The van der Waals surface area contributed by atoms with Gasteiger partial charge in [0.2, 0.25) is 0 Å². The maximum Gasteiger partial charge on any atom is 0.254 e. The van der Waals surface area contributed by atoms with Crippen molar-refractivity contribution in [2.45, 2.75) is 104 Å². The number of benzene rings is 1. The van der Waals surface area contributed by atoms with Gasteiger partial charge in [-0.25, -0.2) is 0 Å². The van der Waals surface area contributed by atoms with E-state index in [2.05, 4.69) is 39.8 Å². The fourth-order valence-corrected chi connectivity index (χ4v) is 5.80. The Morgan fingerprint density at radius 1 is 1.06 bits per heavy atom. The molecule has 1 fully saturated rings. The van der Waals surface area contributed by atoms with Gasteiger partial charge in [0.25, 0.3) is 5.17 Å². The van der Waals surface area contributed by atoms with E-state index in [1.807, 2.05) is 12.1 Å². The summed E-state index contributed by atoms with van der Waals surface area (Å²) in [5, 5.41) is 0.528. The van der Waals surface area contributed by atoms with Crippen LogP contribution >= 0.6 is 24.4 Å². The second kappa shape index (κ2) is 12.3. The van der Waals surface area contributed by atoms with Gasteiger partial charge in [-0.1, -0.05) is 78.0 Å². The Labute approximate surface area is 205 Å². The highest BCUT2D eigenvalue weighted by molar-refractivity contribution is 7.80. The van der Waals surface area contributed by atoms with E-state index in [1.54, 1.807) is 0 Å². The molecule has 0 heterocycles. The molecule has 1 saturated carbocycles. The molecule has 0 bridgehead atoms. The molecule has 3 unspecified atom stereocenters. The lowest BCUT2D eigenvalue weighted by Crippen LogP contribution is -2.53. The van der Waals surface area contributed by atoms with Crippen LogP contribution in [0.4, 0.5) is 0 Å². The number of aryl methyl sites for hydroxylation is 1. The van der Waals surface area contributed by atoms with Crippen LogP contribution in [-0.4, -0.2) is 22.4 Å². The molecule has 4 N–H and O–H groups in total. The third-order valence-electron chi connectivity index (χ3n) is 6.63. The number of hydrogen-bond acceptors (Lipinski definition) is 5. The summed E-state index contributed by atoms with van der Waals surface area (Å²) in [6.45, 7) is 8.88. The van der Waals surface area contributed by atoms with Crippen molar-refractivity contribution in [1.29, 1.82) is 0 Å². The zero-order valence-corrected chi connectivity index (χ0v) is 22.0.